The van der Waals surface area contributed by atoms with Crippen LogP contribution < -0.4 is 4.74 Å². The van der Waals surface area contributed by atoms with Crippen molar-refractivity contribution >= 4 is 23.4 Å². The lowest BCUT2D eigenvalue weighted by Crippen LogP contribution is -1.95. The number of thioether (sulfide) groups is 1. The molecule has 0 unspecified atom stereocenters. The van der Waals surface area contributed by atoms with Gasteiger partial charge in [-0.15, -0.1) is 0 Å². The smallest absolute Gasteiger partial charge is 0.224 e. The molecule has 106 valence electrons. The van der Waals surface area contributed by atoms with Gasteiger partial charge in [0, 0.05) is 6.07 Å². The Bertz CT molecular complexity index is 617. The first-order valence-electron chi connectivity index (χ1n) is 6.36. The Morgan fingerprint density at radius 1 is 1.20 bits per heavy atom. The topological polar surface area (TPSA) is 35.0 Å². The Kier molecular flexibility index (Phi) is 4.89. The van der Waals surface area contributed by atoms with Gasteiger partial charge < -0.3 is 4.74 Å². The summed E-state index contributed by atoms with van der Waals surface area (Å²) in [6.45, 7) is 6.44. The zero-order chi connectivity index (χ0) is 14.7. The summed E-state index contributed by atoms with van der Waals surface area (Å²) < 4.78 is 5.77. The summed E-state index contributed by atoms with van der Waals surface area (Å²) in [7, 11) is 0. The Hall–Kier alpha value is -1.26. The van der Waals surface area contributed by atoms with Crippen LogP contribution in [-0.4, -0.2) is 16.2 Å². The van der Waals surface area contributed by atoms with Crippen molar-refractivity contribution in [1.82, 2.24) is 9.97 Å². The van der Waals surface area contributed by atoms with Crippen molar-refractivity contribution in [1.29, 1.82) is 0 Å². The van der Waals surface area contributed by atoms with E-state index in [1.165, 1.54) is 22.9 Å². The van der Waals surface area contributed by atoms with Crippen LogP contribution in [-0.2, 0) is 0 Å². The molecule has 0 aliphatic rings. The predicted molar refractivity (Wildman–Crippen MR) is 84.2 cm³/mol. The summed E-state index contributed by atoms with van der Waals surface area (Å²) in [5, 5.41) is 0.984. The monoisotopic (exact) mass is 308 g/mol. The van der Waals surface area contributed by atoms with Crippen LogP contribution >= 0.6 is 23.4 Å². The number of aryl methyl sites for hydroxylation is 1. The van der Waals surface area contributed by atoms with Gasteiger partial charge in [-0.2, -0.15) is 4.98 Å². The van der Waals surface area contributed by atoms with Crippen molar-refractivity contribution in [2.75, 3.05) is 6.26 Å². The van der Waals surface area contributed by atoms with E-state index in [9.17, 15) is 0 Å². The highest BCUT2D eigenvalue weighted by atomic mass is 35.5. The Labute approximate surface area is 128 Å². The lowest BCUT2D eigenvalue weighted by molar-refractivity contribution is 0.455. The van der Waals surface area contributed by atoms with Crippen LogP contribution in [0.3, 0.4) is 0 Å². The van der Waals surface area contributed by atoms with E-state index in [-0.39, 0.29) is 0 Å². The molecule has 1 heterocycles. The average molecular weight is 309 g/mol. The van der Waals surface area contributed by atoms with Crippen molar-refractivity contribution in [2.24, 2.45) is 0 Å². The van der Waals surface area contributed by atoms with Crippen LogP contribution in [0, 0.1) is 6.92 Å². The fourth-order valence-corrected chi connectivity index (χ4v) is 2.60. The first-order chi connectivity index (χ1) is 9.49. The van der Waals surface area contributed by atoms with Gasteiger partial charge >= 0.3 is 0 Å². The van der Waals surface area contributed by atoms with Gasteiger partial charge in [0.05, 0.1) is 0 Å². The second kappa shape index (κ2) is 6.46. The van der Waals surface area contributed by atoms with Gasteiger partial charge in [0.25, 0.3) is 0 Å². The molecule has 3 nitrogen and oxygen atoms in total. The third-order valence-corrected chi connectivity index (χ3v) is 3.66. The number of aromatic nitrogens is 2. The van der Waals surface area contributed by atoms with Gasteiger partial charge in [0.1, 0.15) is 10.9 Å². The molecule has 0 spiro atoms. The molecular weight excluding hydrogens is 292 g/mol. The average Bonchev–Trinajstić information content (AvgIpc) is 2.37. The molecule has 2 rings (SSSR count). The molecule has 20 heavy (non-hydrogen) atoms. The zero-order valence-corrected chi connectivity index (χ0v) is 13.5. The summed E-state index contributed by atoms with van der Waals surface area (Å²) in [6.07, 6.45) is 1.90. The van der Waals surface area contributed by atoms with Crippen LogP contribution in [0.5, 0.6) is 11.6 Å². The minimum atomic E-state index is 0.384. The molecule has 0 aliphatic carbocycles. The fraction of sp³-hybridized carbons (Fsp3) is 0.333. The van der Waals surface area contributed by atoms with Crippen LogP contribution in [0.1, 0.15) is 30.9 Å². The third kappa shape index (κ3) is 3.64. The van der Waals surface area contributed by atoms with E-state index in [1.54, 1.807) is 6.07 Å². The summed E-state index contributed by atoms with van der Waals surface area (Å²) in [5.74, 6) is 1.72. The Morgan fingerprint density at radius 3 is 2.55 bits per heavy atom. The maximum absolute atomic E-state index is 5.95. The van der Waals surface area contributed by atoms with Crippen LogP contribution in [0.4, 0.5) is 0 Å². The van der Waals surface area contributed by atoms with Crippen LogP contribution in [0.25, 0.3) is 0 Å². The van der Waals surface area contributed by atoms with Crippen molar-refractivity contribution in [3.8, 4) is 11.6 Å². The number of ether oxygens (including phenoxy) is 1. The van der Waals surface area contributed by atoms with E-state index in [1.807, 2.05) is 18.4 Å². The maximum atomic E-state index is 5.95. The second-order valence-electron chi connectivity index (χ2n) is 4.79. The normalized spacial score (nSPS) is 10.9. The van der Waals surface area contributed by atoms with E-state index in [0.29, 0.717) is 22.1 Å². The number of halogens is 1. The molecule has 0 saturated carbocycles. The maximum Gasteiger partial charge on any atom is 0.224 e. The molecule has 1 aromatic heterocycles. The standard InChI is InChI=1S/C15H17ClN2OS/c1-9(2)12-6-5-11(7-10(12)3)19-14-8-13(16)17-15(18-14)20-4/h5-9H,1-4H3. The fourth-order valence-electron chi connectivity index (χ4n) is 2.00. The highest BCUT2D eigenvalue weighted by Crippen LogP contribution is 2.28. The minimum absolute atomic E-state index is 0.384. The van der Waals surface area contributed by atoms with E-state index in [2.05, 4.69) is 36.8 Å². The molecule has 0 aliphatic heterocycles. The van der Waals surface area contributed by atoms with Crippen molar-refractivity contribution in [3.05, 3.63) is 40.5 Å². The molecule has 1 aromatic carbocycles. The SMILES string of the molecule is CSc1nc(Cl)cc(Oc2ccc(C(C)C)c(C)c2)n1. The van der Waals surface area contributed by atoms with Crippen molar-refractivity contribution in [2.45, 2.75) is 31.8 Å². The molecule has 0 bridgehead atoms. The molecular formula is C15H17ClN2OS. The van der Waals surface area contributed by atoms with Gasteiger partial charge in [-0.1, -0.05) is 43.3 Å². The summed E-state index contributed by atoms with van der Waals surface area (Å²) in [5.41, 5.74) is 2.53. The number of hydrogen-bond donors (Lipinski definition) is 0. The van der Waals surface area contributed by atoms with Crippen molar-refractivity contribution in [3.63, 3.8) is 0 Å². The molecule has 0 amide bonds. The van der Waals surface area contributed by atoms with Gasteiger partial charge in [-0.25, -0.2) is 4.98 Å². The second-order valence-corrected chi connectivity index (χ2v) is 5.95. The van der Waals surface area contributed by atoms with E-state index in [0.717, 1.165) is 5.75 Å². The number of nitrogens with zero attached hydrogens (tertiary/aromatic N) is 2. The number of benzene rings is 1. The molecule has 0 atom stereocenters. The minimum Gasteiger partial charge on any atom is -0.439 e. The first-order valence-corrected chi connectivity index (χ1v) is 7.97. The highest BCUT2D eigenvalue weighted by molar-refractivity contribution is 7.98. The molecule has 2 aromatic rings. The van der Waals surface area contributed by atoms with E-state index < -0.39 is 0 Å². The third-order valence-electron chi connectivity index (χ3n) is 2.92. The number of rotatable bonds is 4. The van der Waals surface area contributed by atoms with Gasteiger partial charge in [0.15, 0.2) is 5.16 Å². The van der Waals surface area contributed by atoms with Crippen LogP contribution in [0.2, 0.25) is 5.15 Å². The molecule has 0 saturated heterocycles. The predicted octanol–water partition coefficient (Wildman–Crippen LogP) is 5.08. The quantitative estimate of drug-likeness (QED) is 0.448. The summed E-state index contributed by atoms with van der Waals surface area (Å²) in [4.78, 5) is 8.37. The number of hydrogen-bond acceptors (Lipinski definition) is 4. The molecule has 0 fully saturated rings. The van der Waals surface area contributed by atoms with E-state index in [4.69, 9.17) is 16.3 Å². The lowest BCUT2D eigenvalue weighted by Gasteiger charge is -2.12. The molecule has 5 heteroatoms. The van der Waals surface area contributed by atoms with Crippen LogP contribution in [0.15, 0.2) is 29.4 Å². The van der Waals surface area contributed by atoms with Gasteiger partial charge in [-0.3, -0.25) is 0 Å². The zero-order valence-electron chi connectivity index (χ0n) is 12.0. The summed E-state index contributed by atoms with van der Waals surface area (Å²) >= 11 is 7.38. The Morgan fingerprint density at radius 2 is 1.95 bits per heavy atom. The largest absolute Gasteiger partial charge is 0.439 e. The lowest BCUT2D eigenvalue weighted by atomic mass is 9.98. The summed E-state index contributed by atoms with van der Waals surface area (Å²) in [6, 6.07) is 7.68. The van der Waals surface area contributed by atoms with Crippen molar-refractivity contribution < 1.29 is 4.74 Å². The van der Waals surface area contributed by atoms with Gasteiger partial charge in [0.2, 0.25) is 5.88 Å². The molecule has 0 radical (unpaired) electrons. The Balaban J connectivity index is 2.26. The first kappa shape index (κ1) is 15.1. The van der Waals surface area contributed by atoms with Gasteiger partial charge in [-0.05, 0) is 42.4 Å². The highest BCUT2D eigenvalue weighted by Gasteiger charge is 2.08. The van der Waals surface area contributed by atoms with E-state index >= 15 is 0 Å². The molecule has 0 N–H and O–H groups in total.